The van der Waals surface area contributed by atoms with Gasteiger partial charge in [-0.1, -0.05) is 12.1 Å². The summed E-state index contributed by atoms with van der Waals surface area (Å²) in [5, 5.41) is 9.17. The third-order valence-electron chi connectivity index (χ3n) is 3.02. The zero-order chi connectivity index (χ0) is 14.0. The van der Waals surface area contributed by atoms with E-state index in [1.807, 2.05) is 0 Å². The molecule has 2 rings (SSSR count). The van der Waals surface area contributed by atoms with Gasteiger partial charge >= 0.3 is 5.97 Å². The highest BCUT2D eigenvalue weighted by atomic mass is 16.5. The average Bonchev–Trinajstić information content (AvgIpc) is 2.64. The molecule has 6 heteroatoms. The molecule has 0 aliphatic carbocycles. The zero-order valence-electron chi connectivity index (χ0n) is 10.3. The van der Waals surface area contributed by atoms with Crippen molar-refractivity contribution in [3.63, 3.8) is 0 Å². The van der Waals surface area contributed by atoms with Gasteiger partial charge in [0.05, 0.1) is 11.1 Å². The van der Waals surface area contributed by atoms with Crippen molar-refractivity contribution in [3.8, 4) is 0 Å². The van der Waals surface area contributed by atoms with Crippen LogP contribution >= 0.6 is 0 Å². The van der Waals surface area contributed by atoms with Crippen LogP contribution in [0.3, 0.4) is 0 Å². The fourth-order valence-electron chi connectivity index (χ4n) is 2.08. The zero-order valence-corrected chi connectivity index (χ0v) is 10.3. The molecule has 0 radical (unpaired) electrons. The van der Waals surface area contributed by atoms with Gasteiger partial charge in [-0.2, -0.15) is 0 Å². The van der Waals surface area contributed by atoms with Gasteiger partial charge in [-0.15, -0.1) is 0 Å². The van der Waals surface area contributed by atoms with Crippen LogP contribution in [-0.2, 0) is 9.53 Å². The first kappa shape index (κ1) is 13.2. The molecule has 0 fully saturated rings. The van der Waals surface area contributed by atoms with Crippen molar-refractivity contribution >= 4 is 17.8 Å². The summed E-state index contributed by atoms with van der Waals surface area (Å²) in [6, 6.07) is 5.11. The lowest BCUT2D eigenvalue weighted by molar-refractivity contribution is -0.142. The first-order valence-corrected chi connectivity index (χ1v) is 5.76. The maximum absolute atomic E-state index is 12.1. The summed E-state index contributed by atoms with van der Waals surface area (Å²) >= 11 is 0. The number of carboxylic acids is 1. The third kappa shape index (κ3) is 2.22. The summed E-state index contributed by atoms with van der Waals surface area (Å²) in [5.41, 5.74) is 0.493. The second-order valence-corrected chi connectivity index (χ2v) is 4.16. The van der Waals surface area contributed by atoms with Gasteiger partial charge in [0.1, 0.15) is 6.04 Å². The Morgan fingerprint density at radius 1 is 1.26 bits per heavy atom. The molecule has 1 aliphatic rings. The number of hydrogen-bond acceptors (Lipinski definition) is 4. The molecule has 0 unspecified atom stereocenters. The molecule has 0 spiro atoms. The van der Waals surface area contributed by atoms with Crippen molar-refractivity contribution in [2.75, 3.05) is 13.7 Å². The summed E-state index contributed by atoms with van der Waals surface area (Å²) in [6.45, 7) is 0.157. The molecule has 1 aromatic rings. The first-order valence-electron chi connectivity index (χ1n) is 5.76. The van der Waals surface area contributed by atoms with Crippen molar-refractivity contribution in [1.29, 1.82) is 0 Å². The van der Waals surface area contributed by atoms with Gasteiger partial charge in [-0.3, -0.25) is 14.5 Å². The van der Waals surface area contributed by atoms with Crippen LogP contribution in [0.25, 0.3) is 0 Å². The average molecular weight is 263 g/mol. The van der Waals surface area contributed by atoms with Gasteiger partial charge in [0.2, 0.25) is 0 Å². The minimum absolute atomic E-state index is 0.0668. The second-order valence-electron chi connectivity index (χ2n) is 4.16. The van der Waals surface area contributed by atoms with Gasteiger partial charge in [0, 0.05) is 20.1 Å². The molecule has 2 amide bonds. The summed E-state index contributed by atoms with van der Waals surface area (Å²) in [6.07, 6.45) is 0.0668. The predicted molar refractivity (Wildman–Crippen MR) is 64.9 cm³/mol. The van der Waals surface area contributed by atoms with E-state index in [-0.39, 0.29) is 24.2 Å². The van der Waals surface area contributed by atoms with E-state index in [4.69, 9.17) is 4.74 Å². The van der Waals surface area contributed by atoms with E-state index in [1.165, 1.54) is 19.2 Å². The second kappa shape index (κ2) is 5.19. The predicted octanol–water partition coefficient (Wildman–Crippen LogP) is 0.772. The Kier molecular flexibility index (Phi) is 3.62. The van der Waals surface area contributed by atoms with E-state index < -0.39 is 23.8 Å². The Morgan fingerprint density at radius 2 is 1.79 bits per heavy atom. The number of amides is 2. The highest BCUT2D eigenvalue weighted by Gasteiger charge is 2.42. The number of methoxy groups -OCH3 is 1. The lowest BCUT2D eigenvalue weighted by Crippen LogP contribution is -2.45. The minimum Gasteiger partial charge on any atom is -0.480 e. The molecule has 0 bridgehead atoms. The Balaban J connectivity index is 2.33. The molecule has 0 saturated carbocycles. The molecule has 100 valence electrons. The lowest BCUT2D eigenvalue weighted by atomic mass is 10.1. The molecule has 0 saturated heterocycles. The fourth-order valence-corrected chi connectivity index (χ4v) is 2.08. The van der Waals surface area contributed by atoms with Crippen molar-refractivity contribution in [2.24, 2.45) is 0 Å². The van der Waals surface area contributed by atoms with Gasteiger partial charge in [0.25, 0.3) is 11.8 Å². The summed E-state index contributed by atoms with van der Waals surface area (Å²) in [4.78, 5) is 36.3. The first-order chi connectivity index (χ1) is 9.07. The molecule has 1 N–H and O–H groups in total. The van der Waals surface area contributed by atoms with Crippen LogP contribution in [0.4, 0.5) is 0 Å². The van der Waals surface area contributed by atoms with Crippen LogP contribution in [0.15, 0.2) is 24.3 Å². The summed E-state index contributed by atoms with van der Waals surface area (Å²) in [7, 11) is 1.43. The summed E-state index contributed by atoms with van der Waals surface area (Å²) < 4.78 is 4.82. The van der Waals surface area contributed by atoms with Crippen LogP contribution in [0.5, 0.6) is 0 Å². The fraction of sp³-hybridized carbons (Fsp3) is 0.308. The third-order valence-corrected chi connectivity index (χ3v) is 3.02. The molecular weight excluding hydrogens is 250 g/mol. The van der Waals surface area contributed by atoms with Crippen molar-refractivity contribution in [2.45, 2.75) is 12.5 Å². The summed E-state index contributed by atoms with van der Waals surface area (Å²) in [5.74, 6) is -2.35. The molecule has 19 heavy (non-hydrogen) atoms. The molecule has 6 nitrogen and oxygen atoms in total. The monoisotopic (exact) mass is 263 g/mol. The maximum atomic E-state index is 12.1. The maximum Gasteiger partial charge on any atom is 0.327 e. The van der Waals surface area contributed by atoms with Crippen LogP contribution in [0, 0.1) is 0 Å². The van der Waals surface area contributed by atoms with Gasteiger partial charge in [0.15, 0.2) is 0 Å². The minimum atomic E-state index is -1.22. The Morgan fingerprint density at radius 3 is 2.21 bits per heavy atom. The van der Waals surface area contributed by atoms with Crippen LogP contribution in [-0.4, -0.2) is 47.5 Å². The highest BCUT2D eigenvalue weighted by molar-refractivity contribution is 6.22. The van der Waals surface area contributed by atoms with E-state index >= 15 is 0 Å². The number of nitrogens with zero attached hydrogens (tertiary/aromatic N) is 1. The number of aliphatic carboxylic acids is 1. The number of carbonyl (C=O) groups is 3. The number of rotatable bonds is 5. The molecule has 1 aromatic carbocycles. The highest BCUT2D eigenvalue weighted by Crippen LogP contribution is 2.25. The quantitative estimate of drug-likeness (QED) is 0.793. The van der Waals surface area contributed by atoms with E-state index in [9.17, 15) is 19.5 Å². The van der Waals surface area contributed by atoms with Crippen molar-refractivity contribution in [1.82, 2.24) is 4.90 Å². The van der Waals surface area contributed by atoms with Crippen LogP contribution in [0.2, 0.25) is 0 Å². The smallest absolute Gasteiger partial charge is 0.327 e. The number of benzene rings is 1. The van der Waals surface area contributed by atoms with Crippen molar-refractivity contribution < 1.29 is 24.2 Å². The van der Waals surface area contributed by atoms with E-state index in [0.29, 0.717) is 0 Å². The van der Waals surface area contributed by atoms with Crippen molar-refractivity contribution in [3.05, 3.63) is 35.4 Å². The number of imide groups is 1. The standard InChI is InChI=1S/C13H13NO5/c1-19-7-6-10(13(17)18)14-11(15)8-4-2-3-5-9(8)12(14)16/h2-5,10H,6-7H2,1H3,(H,17,18)/t10-/m1/s1. The lowest BCUT2D eigenvalue weighted by Gasteiger charge is -2.22. The van der Waals surface area contributed by atoms with E-state index in [1.54, 1.807) is 12.1 Å². The Labute approximate surface area is 109 Å². The van der Waals surface area contributed by atoms with Gasteiger partial charge in [-0.25, -0.2) is 4.79 Å². The van der Waals surface area contributed by atoms with Gasteiger partial charge < -0.3 is 9.84 Å². The Hall–Kier alpha value is -2.21. The van der Waals surface area contributed by atoms with E-state index in [2.05, 4.69) is 0 Å². The number of ether oxygens (including phenoxy) is 1. The van der Waals surface area contributed by atoms with Crippen LogP contribution in [0.1, 0.15) is 27.1 Å². The normalized spacial score (nSPS) is 15.5. The van der Waals surface area contributed by atoms with E-state index in [0.717, 1.165) is 4.90 Å². The molecule has 1 aliphatic heterocycles. The number of carbonyl (C=O) groups excluding carboxylic acids is 2. The molecule has 0 aromatic heterocycles. The SMILES string of the molecule is COCC[C@H](C(=O)O)N1C(=O)c2ccccc2C1=O. The van der Waals surface area contributed by atoms with Gasteiger partial charge in [-0.05, 0) is 12.1 Å². The van der Waals surface area contributed by atoms with Crippen LogP contribution < -0.4 is 0 Å². The number of hydrogen-bond donors (Lipinski definition) is 1. The largest absolute Gasteiger partial charge is 0.480 e. The number of fused-ring (bicyclic) bond motifs is 1. The topological polar surface area (TPSA) is 83.9 Å². The molecular formula is C13H13NO5. The molecule has 1 heterocycles. The molecule has 1 atom stereocenters. The number of carboxylic acid groups (broad SMARTS) is 1. The Bertz CT molecular complexity index is 505.